The van der Waals surface area contributed by atoms with Crippen LogP contribution in [-0.2, 0) is 5.54 Å². The van der Waals surface area contributed by atoms with Gasteiger partial charge in [-0.1, -0.05) is 36.2 Å². The van der Waals surface area contributed by atoms with Crippen LogP contribution in [0.2, 0.25) is 0 Å². The van der Waals surface area contributed by atoms with Crippen molar-refractivity contribution in [1.29, 1.82) is 0 Å². The quantitative estimate of drug-likeness (QED) is 0.803. The molecular weight excluding hydrogens is 278 g/mol. The Labute approximate surface area is 127 Å². The molecule has 1 aliphatic carbocycles. The van der Waals surface area contributed by atoms with Gasteiger partial charge in [-0.25, -0.2) is 4.68 Å². The number of rotatable bonds is 3. The lowest BCUT2D eigenvalue weighted by Gasteiger charge is -2.17. The van der Waals surface area contributed by atoms with Crippen molar-refractivity contribution in [2.24, 2.45) is 5.73 Å². The zero-order chi connectivity index (χ0) is 15.0. The molecule has 0 saturated heterocycles. The molecule has 0 atom stereocenters. The Kier molecular flexibility index (Phi) is 3.04. The number of nitrogens with zero attached hydrogens (tertiary/aromatic N) is 4. The summed E-state index contributed by atoms with van der Waals surface area (Å²) in [6, 6.07) is 11.8. The fourth-order valence-electron chi connectivity index (χ4n) is 2.92. The van der Waals surface area contributed by atoms with E-state index in [2.05, 4.69) is 15.2 Å². The van der Waals surface area contributed by atoms with Gasteiger partial charge in [0.25, 0.3) is 5.89 Å². The van der Waals surface area contributed by atoms with Crippen LogP contribution in [0, 0.1) is 0 Å². The van der Waals surface area contributed by atoms with Crippen LogP contribution in [0.15, 0.2) is 47.1 Å². The van der Waals surface area contributed by atoms with Crippen molar-refractivity contribution in [1.82, 2.24) is 19.9 Å². The fraction of sp³-hybridized carbons (Fsp3) is 0.312. The minimum atomic E-state index is -0.441. The third-order valence-corrected chi connectivity index (χ3v) is 4.20. The molecule has 0 bridgehead atoms. The maximum Gasteiger partial charge on any atom is 0.278 e. The van der Waals surface area contributed by atoms with Crippen LogP contribution in [0.1, 0.15) is 31.5 Å². The summed E-state index contributed by atoms with van der Waals surface area (Å²) >= 11 is 0. The molecule has 0 unspecified atom stereocenters. The molecule has 2 heterocycles. The highest BCUT2D eigenvalue weighted by molar-refractivity contribution is 5.47. The van der Waals surface area contributed by atoms with Gasteiger partial charge in [0, 0.05) is 6.20 Å². The molecule has 22 heavy (non-hydrogen) atoms. The normalized spacial score (nSPS) is 17.0. The lowest BCUT2D eigenvalue weighted by atomic mass is 9.99. The summed E-state index contributed by atoms with van der Waals surface area (Å²) in [7, 11) is 0. The number of para-hydroxylation sites is 1. The second-order valence-electron chi connectivity index (χ2n) is 5.77. The van der Waals surface area contributed by atoms with Gasteiger partial charge in [-0.05, 0) is 31.0 Å². The van der Waals surface area contributed by atoms with E-state index in [9.17, 15) is 0 Å². The topological polar surface area (TPSA) is 82.8 Å². The molecule has 2 aromatic heterocycles. The highest BCUT2D eigenvalue weighted by atomic mass is 16.5. The molecule has 6 heteroatoms. The molecule has 1 fully saturated rings. The molecule has 1 aliphatic rings. The minimum absolute atomic E-state index is 0.418. The smallest absolute Gasteiger partial charge is 0.278 e. The molecule has 1 aromatic carbocycles. The Morgan fingerprint density at radius 3 is 2.64 bits per heavy atom. The lowest BCUT2D eigenvalue weighted by Crippen LogP contribution is -2.34. The summed E-state index contributed by atoms with van der Waals surface area (Å²) in [5.74, 6) is 1.01. The molecule has 112 valence electrons. The molecule has 2 N–H and O–H groups in total. The van der Waals surface area contributed by atoms with Gasteiger partial charge in [-0.3, -0.25) is 0 Å². The third kappa shape index (κ3) is 2.21. The second kappa shape index (κ2) is 5.06. The summed E-state index contributed by atoms with van der Waals surface area (Å²) in [5, 5.41) is 8.56. The van der Waals surface area contributed by atoms with Crippen LogP contribution in [-0.4, -0.2) is 19.9 Å². The van der Waals surface area contributed by atoms with Gasteiger partial charge in [-0.2, -0.15) is 10.1 Å². The van der Waals surface area contributed by atoms with Gasteiger partial charge in [-0.15, -0.1) is 0 Å². The Bertz CT molecular complexity index is 771. The number of benzene rings is 1. The van der Waals surface area contributed by atoms with Crippen LogP contribution in [0.3, 0.4) is 0 Å². The SMILES string of the molecule is NC1(c2noc(-c3ccn(-c4ccccc4)n3)n2)CCCC1. The van der Waals surface area contributed by atoms with Crippen LogP contribution in [0.5, 0.6) is 0 Å². The Morgan fingerprint density at radius 1 is 1.09 bits per heavy atom. The van der Waals surface area contributed by atoms with E-state index in [1.54, 1.807) is 4.68 Å². The van der Waals surface area contributed by atoms with Crippen molar-refractivity contribution in [2.75, 3.05) is 0 Å². The van der Waals surface area contributed by atoms with Gasteiger partial charge in [0.2, 0.25) is 0 Å². The number of nitrogens with two attached hydrogens (primary N) is 1. The number of aromatic nitrogens is 4. The van der Waals surface area contributed by atoms with Crippen molar-refractivity contribution in [2.45, 2.75) is 31.2 Å². The van der Waals surface area contributed by atoms with E-state index in [1.165, 1.54) is 0 Å². The van der Waals surface area contributed by atoms with Gasteiger partial charge < -0.3 is 10.3 Å². The van der Waals surface area contributed by atoms with E-state index in [-0.39, 0.29) is 0 Å². The van der Waals surface area contributed by atoms with Crippen molar-refractivity contribution < 1.29 is 4.52 Å². The third-order valence-electron chi connectivity index (χ3n) is 4.20. The first-order valence-electron chi connectivity index (χ1n) is 7.49. The molecule has 6 nitrogen and oxygen atoms in total. The van der Waals surface area contributed by atoms with E-state index < -0.39 is 5.54 Å². The summed E-state index contributed by atoms with van der Waals surface area (Å²) in [5.41, 5.74) is 7.56. The Hall–Kier alpha value is -2.47. The van der Waals surface area contributed by atoms with Crippen molar-refractivity contribution >= 4 is 0 Å². The second-order valence-corrected chi connectivity index (χ2v) is 5.77. The van der Waals surface area contributed by atoms with Crippen molar-refractivity contribution in [3.63, 3.8) is 0 Å². The molecular formula is C16H17N5O. The largest absolute Gasteiger partial charge is 0.332 e. The Morgan fingerprint density at radius 2 is 1.86 bits per heavy atom. The van der Waals surface area contributed by atoms with Crippen LogP contribution in [0.25, 0.3) is 17.3 Å². The maximum absolute atomic E-state index is 6.36. The maximum atomic E-state index is 6.36. The van der Waals surface area contributed by atoms with Gasteiger partial charge in [0.05, 0.1) is 11.2 Å². The zero-order valence-electron chi connectivity index (χ0n) is 12.1. The van der Waals surface area contributed by atoms with Crippen LogP contribution >= 0.6 is 0 Å². The molecule has 1 saturated carbocycles. The van der Waals surface area contributed by atoms with E-state index in [1.807, 2.05) is 42.6 Å². The summed E-state index contributed by atoms with van der Waals surface area (Å²) < 4.78 is 7.15. The van der Waals surface area contributed by atoms with Gasteiger partial charge >= 0.3 is 0 Å². The standard InChI is InChI=1S/C16H17N5O/c17-16(9-4-5-10-16)15-18-14(22-20-15)13-8-11-21(19-13)12-6-2-1-3-7-12/h1-3,6-8,11H,4-5,9-10,17H2. The predicted octanol–water partition coefficient (Wildman–Crippen LogP) is 2.65. The average Bonchev–Trinajstić information content (AvgIpc) is 3.28. The van der Waals surface area contributed by atoms with E-state index >= 15 is 0 Å². The minimum Gasteiger partial charge on any atom is -0.332 e. The van der Waals surface area contributed by atoms with Gasteiger partial charge in [0.15, 0.2) is 11.5 Å². The first-order valence-corrected chi connectivity index (χ1v) is 7.49. The fourth-order valence-corrected chi connectivity index (χ4v) is 2.92. The molecule has 0 aliphatic heterocycles. The van der Waals surface area contributed by atoms with Gasteiger partial charge in [0.1, 0.15) is 0 Å². The first kappa shape index (κ1) is 13.2. The summed E-state index contributed by atoms with van der Waals surface area (Å²) in [6.07, 6.45) is 5.92. The number of hydrogen-bond donors (Lipinski definition) is 1. The summed E-state index contributed by atoms with van der Waals surface area (Å²) in [6.45, 7) is 0. The average molecular weight is 295 g/mol. The molecule has 0 radical (unpaired) electrons. The molecule has 3 aromatic rings. The van der Waals surface area contributed by atoms with Crippen LogP contribution in [0.4, 0.5) is 0 Å². The zero-order valence-corrected chi connectivity index (χ0v) is 12.1. The molecule has 0 amide bonds. The number of hydrogen-bond acceptors (Lipinski definition) is 5. The first-order chi connectivity index (χ1) is 10.7. The highest BCUT2D eigenvalue weighted by Crippen LogP contribution is 2.35. The Balaban J connectivity index is 1.63. The van der Waals surface area contributed by atoms with Crippen molar-refractivity contribution in [3.05, 3.63) is 48.4 Å². The van der Waals surface area contributed by atoms with E-state index in [0.717, 1.165) is 31.4 Å². The van der Waals surface area contributed by atoms with E-state index in [4.69, 9.17) is 10.3 Å². The highest BCUT2D eigenvalue weighted by Gasteiger charge is 2.36. The lowest BCUT2D eigenvalue weighted by molar-refractivity contribution is 0.372. The van der Waals surface area contributed by atoms with Crippen LogP contribution < -0.4 is 5.73 Å². The molecule has 0 spiro atoms. The van der Waals surface area contributed by atoms with Crippen molar-refractivity contribution in [3.8, 4) is 17.3 Å². The van der Waals surface area contributed by atoms with E-state index in [0.29, 0.717) is 17.4 Å². The molecule has 4 rings (SSSR count). The summed E-state index contributed by atoms with van der Waals surface area (Å²) in [4.78, 5) is 4.46. The predicted molar refractivity (Wildman–Crippen MR) is 81.2 cm³/mol. The monoisotopic (exact) mass is 295 g/mol.